The molecule has 3 nitrogen and oxygen atoms in total. The van der Waals surface area contributed by atoms with Gasteiger partial charge in [0, 0.05) is 18.0 Å². The highest BCUT2D eigenvalue weighted by atomic mass is 19.1. The average Bonchev–Trinajstić information content (AvgIpc) is 2.80. The second-order valence-electron chi connectivity index (χ2n) is 5.40. The SMILES string of the molecule is CCc1ccc2nc3cc(N4CC(F)C4)ccn3c2c1. The van der Waals surface area contributed by atoms with Crippen molar-refractivity contribution >= 4 is 22.4 Å². The molecule has 1 saturated heterocycles. The Bertz CT molecular complexity index is 787. The zero-order valence-corrected chi connectivity index (χ0v) is 11.4. The van der Waals surface area contributed by atoms with Crippen molar-refractivity contribution in [2.75, 3.05) is 18.0 Å². The van der Waals surface area contributed by atoms with Gasteiger partial charge < -0.3 is 4.90 Å². The van der Waals surface area contributed by atoms with Crippen molar-refractivity contribution in [2.24, 2.45) is 0 Å². The molecule has 0 unspecified atom stereocenters. The Morgan fingerprint density at radius 1 is 1.25 bits per heavy atom. The van der Waals surface area contributed by atoms with Crippen LogP contribution < -0.4 is 4.90 Å². The molecule has 0 radical (unpaired) electrons. The maximum Gasteiger partial charge on any atom is 0.139 e. The average molecular weight is 269 g/mol. The molecule has 102 valence electrons. The molecule has 4 rings (SSSR count). The van der Waals surface area contributed by atoms with Crippen molar-refractivity contribution in [3.63, 3.8) is 0 Å². The van der Waals surface area contributed by atoms with Crippen LogP contribution in [0.25, 0.3) is 16.7 Å². The normalized spacial score (nSPS) is 16.0. The number of hydrogen-bond acceptors (Lipinski definition) is 2. The minimum atomic E-state index is -0.683. The van der Waals surface area contributed by atoms with Crippen LogP contribution in [0.15, 0.2) is 36.5 Å². The van der Waals surface area contributed by atoms with Gasteiger partial charge in [0.15, 0.2) is 0 Å². The van der Waals surface area contributed by atoms with Crippen LogP contribution in [0, 0.1) is 0 Å². The van der Waals surface area contributed by atoms with Gasteiger partial charge in [-0.05, 0) is 30.2 Å². The smallest absolute Gasteiger partial charge is 0.139 e. The highest BCUT2D eigenvalue weighted by Gasteiger charge is 2.26. The molecule has 0 atom stereocenters. The fourth-order valence-corrected chi connectivity index (χ4v) is 2.80. The summed E-state index contributed by atoms with van der Waals surface area (Å²) < 4.78 is 15.1. The number of hydrogen-bond donors (Lipinski definition) is 0. The zero-order valence-electron chi connectivity index (χ0n) is 11.4. The number of aryl methyl sites for hydroxylation is 1. The fraction of sp³-hybridized carbons (Fsp3) is 0.312. The summed E-state index contributed by atoms with van der Waals surface area (Å²) in [5, 5.41) is 0. The quantitative estimate of drug-likeness (QED) is 0.712. The summed E-state index contributed by atoms with van der Waals surface area (Å²) in [4.78, 5) is 6.70. The largest absolute Gasteiger partial charge is 0.365 e. The highest BCUT2D eigenvalue weighted by Crippen LogP contribution is 2.26. The fourth-order valence-electron chi connectivity index (χ4n) is 2.80. The van der Waals surface area contributed by atoms with Gasteiger partial charge in [0.25, 0.3) is 0 Å². The molecule has 1 aliphatic rings. The molecule has 0 N–H and O–H groups in total. The lowest BCUT2D eigenvalue weighted by Crippen LogP contribution is -2.48. The molecule has 20 heavy (non-hydrogen) atoms. The Morgan fingerprint density at radius 2 is 2.10 bits per heavy atom. The summed E-state index contributed by atoms with van der Waals surface area (Å²) in [6.45, 7) is 3.15. The maximum absolute atomic E-state index is 13.0. The molecule has 2 aromatic heterocycles. The third kappa shape index (κ3) is 1.68. The number of fused-ring (bicyclic) bond motifs is 3. The minimum absolute atomic E-state index is 0.496. The summed E-state index contributed by atoms with van der Waals surface area (Å²) in [7, 11) is 0. The number of imidazole rings is 1. The maximum atomic E-state index is 13.0. The lowest BCUT2D eigenvalue weighted by Gasteiger charge is -2.36. The predicted molar refractivity (Wildman–Crippen MR) is 79.2 cm³/mol. The monoisotopic (exact) mass is 269 g/mol. The molecular weight excluding hydrogens is 253 g/mol. The summed E-state index contributed by atoms with van der Waals surface area (Å²) in [6.07, 6.45) is 2.37. The first-order valence-corrected chi connectivity index (χ1v) is 7.04. The second kappa shape index (κ2) is 4.20. The van der Waals surface area contributed by atoms with Crippen LogP contribution in [0.4, 0.5) is 10.1 Å². The summed E-state index contributed by atoms with van der Waals surface area (Å²) in [5.41, 5.74) is 5.43. The van der Waals surface area contributed by atoms with E-state index in [0.717, 1.165) is 28.8 Å². The third-order valence-corrected chi connectivity index (χ3v) is 4.06. The third-order valence-electron chi connectivity index (χ3n) is 4.06. The van der Waals surface area contributed by atoms with Crippen LogP contribution in [0.1, 0.15) is 12.5 Å². The Labute approximate surface area is 116 Å². The summed E-state index contributed by atoms with van der Waals surface area (Å²) in [6, 6.07) is 10.5. The first kappa shape index (κ1) is 11.7. The van der Waals surface area contributed by atoms with E-state index in [4.69, 9.17) is 0 Å². The van der Waals surface area contributed by atoms with Gasteiger partial charge in [-0.1, -0.05) is 13.0 Å². The van der Waals surface area contributed by atoms with Crippen molar-refractivity contribution in [1.29, 1.82) is 0 Å². The Kier molecular flexibility index (Phi) is 2.46. The number of halogens is 1. The van der Waals surface area contributed by atoms with E-state index in [2.05, 4.69) is 34.5 Å². The van der Waals surface area contributed by atoms with E-state index in [-0.39, 0.29) is 0 Å². The second-order valence-corrected chi connectivity index (χ2v) is 5.40. The van der Waals surface area contributed by atoms with Crippen LogP contribution >= 0.6 is 0 Å². The van der Waals surface area contributed by atoms with E-state index < -0.39 is 6.17 Å². The van der Waals surface area contributed by atoms with Gasteiger partial charge >= 0.3 is 0 Å². The Hall–Kier alpha value is -2.10. The number of benzene rings is 1. The first-order chi connectivity index (χ1) is 9.74. The van der Waals surface area contributed by atoms with Crippen molar-refractivity contribution in [3.8, 4) is 0 Å². The molecule has 4 heteroatoms. The minimum Gasteiger partial charge on any atom is -0.365 e. The number of nitrogens with zero attached hydrogens (tertiary/aromatic N) is 3. The number of pyridine rings is 1. The van der Waals surface area contributed by atoms with E-state index >= 15 is 0 Å². The lowest BCUT2D eigenvalue weighted by molar-refractivity contribution is 0.275. The number of alkyl halides is 1. The number of rotatable bonds is 2. The van der Waals surface area contributed by atoms with E-state index in [1.54, 1.807) is 0 Å². The molecular formula is C16H16FN3. The van der Waals surface area contributed by atoms with Crippen LogP contribution in [-0.2, 0) is 6.42 Å². The molecule has 0 aliphatic carbocycles. The van der Waals surface area contributed by atoms with Crippen molar-refractivity contribution in [3.05, 3.63) is 42.1 Å². The number of aromatic nitrogens is 2. The number of anilines is 1. The van der Waals surface area contributed by atoms with Crippen LogP contribution in [-0.4, -0.2) is 28.6 Å². The molecule has 1 fully saturated rings. The summed E-state index contributed by atoms with van der Waals surface area (Å²) in [5.74, 6) is 0. The predicted octanol–water partition coefficient (Wildman–Crippen LogP) is 3.21. The van der Waals surface area contributed by atoms with Crippen LogP contribution in [0.5, 0.6) is 0 Å². The van der Waals surface area contributed by atoms with Crippen molar-refractivity contribution in [2.45, 2.75) is 19.5 Å². The molecule has 1 aromatic carbocycles. The Morgan fingerprint density at radius 3 is 2.85 bits per heavy atom. The highest BCUT2D eigenvalue weighted by molar-refractivity contribution is 5.82. The Balaban J connectivity index is 1.84. The van der Waals surface area contributed by atoms with Gasteiger partial charge in [-0.3, -0.25) is 4.40 Å². The molecule has 0 spiro atoms. The van der Waals surface area contributed by atoms with Gasteiger partial charge in [-0.2, -0.15) is 0 Å². The standard InChI is InChI=1S/C16H16FN3/c1-2-11-3-4-14-15(7-11)20-6-5-13(8-16(20)18-14)19-9-12(17)10-19/h3-8,12H,2,9-10H2,1H3. The van der Waals surface area contributed by atoms with Gasteiger partial charge in [0.05, 0.1) is 24.1 Å². The van der Waals surface area contributed by atoms with E-state index in [0.29, 0.717) is 13.1 Å². The molecule has 0 saturated carbocycles. The molecule has 0 bridgehead atoms. The molecule has 0 amide bonds. The van der Waals surface area contributed by atoms with Gasteiger partial charge in [-0.15, -0.1) is 0 Å². The van der Waals surface area contributed by atoms with Gasteiger partial charge in [0.2, 0.25) is 0 Å². The van der Waals surface area contributed by atoms with Crippen molar-refractivity contribution < 1.29 is 4.39 Å². The first-order valence-electron chi connectivity index (χ1n) is 7.04. The van der Waals surface area contributed by atoms with Crippen molar-refractivity contribution in [1.82, 2.24) is 9.38 Å². The molecule has 3 aromatic rings. The molecule has 1 aliphatic heterocycles. The van der Waals surface area contributed by atoms with Crippen LogP contribution in [0.3, 0.4) is 0 Å². The van der Waals surface area contributed by atoms with E-state index in [1.807, 2.05) is 23.2 Å². The van der Waals surface area contributed by atoms with E-state index in [9.17, 15) is 4.39 Å². The van der Waals surface area contributed by atoms with E-state index in [1.165, 1.54) is 5.56 Å². The van der Waals surface area contributed by atoms with Crippen LogP contribution in [0.2, 0.25) is 0 Å². The van der Waals surface area contributed by atoms with Gasteiger partial charge in [-0.25, -0.2) is 9.37 Å². The summed E-state index contributed by atoms with van der Waals surface area (Å²) >= 11 is 0. The van der Waals surface area contributed by atoms with Gasteiger partial charge in [0.1, 0.15) is 11.8 Å². The molecule has 3 heterocycles. The lowest BCUT2D eigenvalue weighted by atomic mass is 10.1. The topological polar surface area (TPSA) is 20.5 Å². The zero-order chi connectivity index (χ0) is 13.7.